The number of nitrogens with one attached hydrogen (secondary N) is 3. The highest BCUT2D eigenvalue weighted by Gasteiger charge is 2.35. The number of likely N-dealkylation sites (N-methyl/N-ethyl adjacent to an activating group) is 1. The van der Waals surface area contributed by atoms with Gasteiger partial charge in [-0.25, -0.2) is 0 Å². The molecule has 1 fully saturated rings. The molecular weight excluding hydrogens is 680 g/mol. The van der Waals surface area contributed by atoms with Crippen LogP contribution in [0, 0.1) is 11.8 Å². The Kier molecular flexibility index (Phi) is 12.1. The van der Waals surface area contributed by atoms with Gasteiger partial charge in [-0.3, -0.25) is 19.2 Å². The van der Waals surface area contributed by atoms with Crippen molar-refractivity contribution < 1.29 is 34.1 Å². The van der Waals surface area contributed by atoms with Crippen LogP contribution in [0.2, 0.25) is 0 Å². The molecule has 0 aliphatic carbocycles. The van der Waals surface area contributed by atoms with E-state index in [-0.39, 0.29) is 30.9 Å². The Labute approximate surface area is 289 Å². The number of hydrogen-bond acceptors (Lipinski definition) is 7. The van der Waals surface area contributed by atoms with Crippen LogP contribution >= 0.6 is 15.9 Å². The Balaban J connectivity index is 1.74. The highest BCUT2D eigenvalue weighted by Crippen LogP contribution is 2.30. The second-order valence-electron chi connectivity index (χ2n) is 12.9. The fourth-order valence-electron chi connectivity index (χ4n) is 6.22. The normalized spacial score (nSPS) is 27.4. The van der Waals surface area contributed by atoms with Gasteiger partial charge in [-0.2, -0.15) is 0 Å². The number of aromatic amines is 1. The molecule has 258 valence electrons. The molecule has 1 saturated heterocycles. The number of aromatic nitrogens is 1. The number of rotatable bonds is 3. The number of H-pyrrole nitrogens is 1. The van der Waals surface area contributed by atoms with Crippen molar-refractivity contribution in [2.24, 2.45) is 11.8 Å². The fourth-order valence-corrected chi connectivity index (χ4v) is 6.81. The van der Waals surface area contributed by atoms with E-state index in [1.54, 1.807) is 32.9 Å². The number of nitrogens with zero attached hydrogens (tertiary/aromatic N) is 1. The van der Waals surface area contributed by atoms with Gasteiger partial charge < -0.3 is 35.5 Å². The number of benzene rings is 2. The SMILES string of the molecule is C=C1C[C@H](C)C(=O)N[C@@H](C)C(=O)N(C)C(Cc2c(Br)[nH]c3ccccc23)C(=O)NC(c2ccc(O)cc2)CC(=O)O[C@@H](C)C[C@@H](C)C1O. The summed E-state index contributed by atoms with van der Waals surface area (Å²) >= 11 is 3.58. The van der Waals surface area contributed by atoms with Gasteiger partial charge in [0.2, 0.25) is 17.7 Å². The summed E-state index contributed by atoms with van der Waals surface area (Å²) in [5, 5.41) is 27.5. The molecule has 3 unspecified atom stereocenters. The minimum absolute atomic E-state index is 0.0178. The van der Waals surface area contributed by atoms with Crippen LogP contribution in [0.25, 0.3) is 10.9 Å². The molecule has 1 aliphatic heterocycles. The minimum Gasteiger partial charge on any atom is -0.508 e. The van der Waals surface area contributed by atoms with Crippen LogP contribution in [-0.4, -0.2) is 75.1 Å². The van der Waals surface area contributed by atoms with E-state index in [0.29, 0.717) is 22.2 Å². The van der Waals surface area contributed by atoms with Crippen LogP contribution in [-0.2, 0) is 30.3 Å². The Bertz CT molecular complexity index is 1660. The van der Waals surface area contributed by atoms with Crippen molar-refractivity contribution in [1.29, 1.82) is 0 Å². The van der Waals surface area contributed by atoms with Crippen molar-refractivity contribution in [1.82, 2.24) is 20.5 Å². The van der Waals surface area contributed by atoms with E-state index in [9.17, 15) is 29.4 Å². The molecule has 0 bridgehead atoms. The maximum Gasteiger partial charge on any atom is 0.308 e. The number of cyclic esters (lactones) is 1. The lowest BCUT2D eigenvalue weighted by Crippen LogP contribution is -2.55. The van der Waals surface area contributed by atoms with Gasteiger partial charge in [-0.15, -0.1) is 0 Å². The molecule has 11 nitrogen and oxygen atoms in total. The Morgan fingerprint density at radius 1 is 0.958 bits per heavy atom. The number of aliphatic hydroxyl groups excluding tert-OH is 1. The smallest absolute Gasteiger partial charge is 0.308 e. The topological polar surface area (TPSA) is 161 Å². The largest absolute Gasteiger partial charge is 0.508 e. The maximum absolute atomic E-state index is 14.3. The number of carbonyl (C=O) groups excluding carboxylic acids is 4. The molecule has 3 aromatic rings. The van der Waals surface area contributed by atoms with E-state index in [0.717, 1.165) is 16.5 Å². The predicted molar refractivity (Wildman–Crippen MR) is 186 cm³/mol. The van der Waals surface area contributed by atoms with Crippen molar-refractivity contribution in [2.75, 3.05) is 7.05 Å². The molecule has 12 heteroatoms. The molecular formula is C36H45BrN4O7. The number of para-hydroxylation sites is 1. The van der Waals surface area contributed by atoms with Crippen molar-refractivity contribution in [2.45, 2.75) is 83.7 Å². The summed E-state index contributed by atoms with van der Waals surface area (Å²) < 4.78 is 6.39. The van der Waals surface area contributed by atoms with Crippen LogP contribution in [0.15, 0.2) is 65.3 Å². The average molecular weight is 726 g/mol. The van der Waals surface area contributed by atoms with Gasteiger partial charge in [0.1, 0.15) is 17.8 Å². The molecule has 3 amide bonds. The molecule has 0 saturated carbocycles. The summed E-state index contributed by atoms with van der Waals surface area (Å²) in [6.07, 6.45) is -1.10. The van der Waals surface area contributed by atoms with E-state index in [1.807, 2.05) is 31.2 Å². The molecule has 7 atom stereocenters. The van der Waals surface area contributed by atoms with Crippen LogP contribution < -0.4 is 10.6 Å². The first kappa shape index (κ1) is 36.7. The first-order chi connectivity index (χ1) is 22.7. The van der Waals surface area contributed by atoms with Gasteiger partial charge in [0, 0.05) is 30.3 Å². The van der Waals surface area contributed by atoms with Crippen LogP contribution in [0.4, 0.5) is 0 Å². The number of halogens is 1. The molecule has 4 rings (SSSR count). The Morgan fingerprint density at radius 2 is 1.62 bits per heavy atom. The number of ether oxygens (including phenoxy) is 1. The second kappa shape index (κ2) is 15.8. The van der Waals surface area contributed by atoms with E-state index in [2.05, 4.69) is 38.1 Å². The number of carbonyl (C=O) groups is 4. The Hall–Kier alpha value is -4.16. The number of amides is 3. The number of aromatic hydroxyl groups is 1. The number of fused-ring (bicyclic) bond motifs is 1. The van der Waals surface area contributed by atoms with Crippen molar-refractivity contribution in [3.63, 3.8) is 0 Å². The third-order valence-corrected chi connectivity index (χ3v) is 9.68. The monoisotopic (exact) mass is 724 g/mol. The third kappa shape index (κ3) is 8.84. The molecule has 1 aliphatic rings. The number of aliphatic hydroxyl groups is 1. The zero-order valence-corrected chi connectivity index (χ0v) is 29.5. The second-order valence-corrected chi connectivity index (χ2v) is 13.7. The number of phenols is 1. The summed E-state index contributed by atoms with van der Waals surface area (Å²) in [6.45, 7) is 10.8. The van der Waals surface area contributed by atoms with Gasteiger partial charge >= 0.3 is 5.97 Å². The van der Waals surface area contributed by atoms with E-state index < -0.39 is 59.9 Å². The van der Waals surface area contributed by atoms with Crippen molar-refractivity contribution >= 4 is 50.5 Å². The van der Waals surface area contributed by atoms with Gasteiger partial charge in [0.15, 0.2) is 0 Å². The van der Waals surface area contributed by atoms with Crippen LogP contribution in [0.5, 0.6) is 5.75 Å². The molecule has 2 aromatic carbocycles. The quantitative estimate of drug-likeness (QED) is 0.194. The highest BCUT2D eigenvalue weighted by atomic mass is 79.9. The van der Waals surface area contributed by atoms with E-state index in [1.165, 1.54) is 24.1 Å². The summed E-state index contributed by atoms with van der Waals surface area (Å²) in [7, 11) is 1.51. The summed E-state index contributed by atoms with van der Waals surface area (Å²) in [6, 6.07) is 10.8. The fraction of sp³-hybridized carbons (Fsp3) is 0.444. The minimum atomic E-state index is -1.06. The van der Waals surface area contributed by atoms with Gasteiger partial charge in [0.25, 0.3) is 0 Å². The van der Waals surface area contributed by atoms with Crippen molar-refractivity contribution in [3.8, 4) is 5.75 Å². The lowest BCUT2D eigenvalue weighted by atomic mass is 9.88. The average Bonchev–Trinajstić information content (AvgIpc) is 3.35. The highest BCUT2D eigenvalue weighted by molar-refractivity contribution is 9.10. The van der Waals surface area contributed by atoms with Gasteiger partial charge in [0.05, 0.1) is 29.3 Å². The third-order valence-electron chi connectivity index (χ3n) is 9.00. The molecule has 5 N–H and O–H groups in total. The number of phenolic OH excluding ortho intramolecular Hbond substituents is 1. The van der Waals surface area contributed by atoms with Gasteiger partial charge in [-0.05, 0) is 83.4 Å². The Morgan fingerprint density at radius 3 is 2.31 bits per heavy atom. The molecule has 0 radical (unpaired) electrons. The van der Waals surface area contributed by atoms with Crippen LogP contribution in [0.3, 0.4) is 0 Å². The number of hydrogen-bond donors (Lipinski definition) is 5. The van der Waals surface area contributed by atoms with Crippen molar-refractivity contribution in [3.05, 3.63) is 76.4 Å². The first-order valence-electron chi connectivity index (χ1n) is 16.1. The summed E-state index contributed by atoms with van der Waals surface area (Å²) in [4.78, 5) is 59.2. The van der Waals surface area contributed by atoms with Crippen LogP contribution in [0.1, 0.15) is 64.1 Å². The standard InChI is InChI=1S/C36H45BrN4O7/c1-19-15-21(3)34(45)38-23(5)36(47)41(6)30(17-27-26-9-7-8-10-28(26)39-33(27)37)35(46)40-29(24-11-13-25(42)14-12-24)18-31(43)48-22(4)16-20(2)32(19)44/h7-14,20-23,29-30,32,39,42,44H,1,15-18H2,2-6H3,(H,38,45)(H,40,46)/t20-,21+,22+,23+,29?,30?,32?/m1/s1. The van der Waals surface area contributed by atoms with E-state index in [4.69, 9.17) is 4.74 Å². The number of esters is 1. The maximum atomic E-state index is 14.3. The predicted octanol–water partition coefficient (Wildman–Crippen LogP) is 4.67. The summed E-state index contributed by atoms with van der Waals surface area (Å²) in [5.41, 5.74) is 2.63. The first-order valence-corrected chi connectivity index (χ1v) is 16.9. The lowest BCUT2D eigenvalue weighted by Gasteiger charge is -2.31. The molecule has 1 aromatic heterocycles. The summed E-state index contributed by atoms with van der Waals surface area (Å²) in [5.74, 6) is -2.89. The van der Waals surface area contributed by atoms with Gasteiger partial charge in [-0.1, -0.05) is 50.8 Å². The van der Waals surface area contributed by atoms with E-state index >= 15 is 0 Å². The molecule has 48 heavy (non-hydrogen) atoms. The zero-order valence-electron chi connectivity index (χ0n) is 28.0. The molecule has 0 spiro atoms. The zero-order chi connectivity index (χ0) is 35.3. The lowest BCUT2D eigenvalue weighted by molar-refractivity contribution is -0.150. The molecule has 2 heterocycles.